The molecule has 1 heterocycles. The summed E-state index contributed by atoms with van der Waals surface area (Å²) in [6, 6.07) is 14.1. The van der Waals surface area contributed by atoms with Crippen LogP contribution in [0, 0.1) is 28.2 Å². The van der Waals surface area contributed by atoms with Gasteiger partial charge in [-0.15, -0.1) is 0 Å². The van der Waals surface area contributed by atoms with Gasteiger partial charge in [0.1, 0.15) is 6.07 Å². The predicted molar refractivity (Wildman–Crippen MR) is 95.7 cm³/mol. The third-order valence-corrected chi connectivity index (χ3v) is 3.95. The lowest BCUT2D eigenvalue weighted by Gasteiger charge is -2.21. The van der Waals surface area contributed by atoms with Crippen LogP contribution < -0.4 is 5.23 Å². The summed E-state index contributed by atoms with van der Waals surface area (Å²) in [6.07, 6.45) is 1.65. The van der Waals surface area contributed by atoms with Gasteiger partial charge >= 0.3 is 0 Å². The first-order valence-electron chi connectivity index (χ1n) is 7.09. The number of imidazole rings is 1. The molecule has 0 spiro atoms. The van der Waals surface area contributed by atoms with E-state index in [1.54, 1.807) is 22.9 Å². The Morgan fingerprint density at radius 2 is 2.04 bits per heavy atom. The van der Waals surface area contributed by atoms with Gasteiger partial charge in [0.05, 0.1) is 22.3 Å². The number of anilines is 1. The molecule has 6 nitrogen and oxygen atoms in total. The smallest absolute Gasteiger partial charge is 0.182 e. The number of fused-ring (bicyclic) bond motifs is 1. The van der Waals surface area contributed by atoms with E-state index in [-0.39, 0.29) is 10.9 Å². The molecule has 0 aliphatic rings. The van der Waals surface area contributed by atoms with Gasteiger partial charge in [0.25, 0.3) is 0 Å². The fourth-order valence-corrected chi connectivity index (χ4v) is 2.70. The SMILES string of the molecule is Cc1ccc2c(c1)[nH]c(=S)n2/C=C(\C#N)c1ccc(N([O-])O)cc1. The number of nitrogens with one attached hydrogen (secondary N) is 1. The first kappa shape index (κ1) is 16.0. The van der Waals surface area contributed by atoms with E-state index >= 15 is 0 Å². The third kappa shape index (κ3) is 2.94. The van der Waals surface area contributed by atoms with Crippen LogP contribution in [0.1, 0.15) is 11.1 Å². The van der Waals surface area contributed by atoms with E-state index in [4.69, 9.17) is 17.4 Å². The van der Waals surface area contributed by atoms with Crippen molar-refractivity contribution in [3.05, 3.63) is 63.6 Å². The van der Waals surface area contributed by atoms with Gasteiger partial charge in [0.2, 0.25) is 0 Å². The molecular formula is C17H13N4O2S-. The molecule has 7 heteroatoms. The van der Waals surface area contributed by atoms with Gasteiger partial charge < -0.3 is 15.4 Å². The van der Waals surface area contributed by atoms with Gasteiger partial charge in [-0.05, 0) is 54.5 Å². The first-order valence-corrected chi connectivity index (χ1v) is 7.50. The maximum atomic E-state index is 10.8. The quantitative estimate of drug-likeness (QED) is 0.424. The Bertz CT molecular complexity index is 1020. The molecule has 3 rings (SSSR count). The highest BCUT2D eigenvalue weighted by Gasteiger charge is 2.06. The van der Waals surface area contributed by atoms with E-state index in [9.17, 15) is 10.5 Å². The number of aromatic amines is 1. The summed E-state index contributed by atoms with van der Waals surface area (Å²) in [7, 11) is 0. The second kappa shape index (κ2) is 6.29. The molecule has 0 radical (unpaired) electrons. The minimum atomic E-state index is -0.225. The van der Waals surface area contributed by atoms with Gasteiger partial charge in [-0.2, -0.15) is 5.26 Å². The number of nitriles is 1. The Kier molecular flexibility index (Phi) is 4.18. The van der Waals surface area contributed by atoms with E-state index in [1.165, 1.54) is 12.1 Å². The van der Waals surface area contributed by atoms with E-state index in [0.29, 0.717) is 15.9 Å². The second-order valence-electron chi connectivity index (χ2n) is 5.30. The van der Waals surface area contributed by atoms with Crippen LogP contribution in [-0.4, -0.2) is 14.8 Å². The number of H-pyrrole nitrogens is 1. The highest BCUT2D eigenvalue weighted by atomic mass is 32.1. The standard InChI is InChI=1S/C17H13N4O2S/c1-11-2-7-16-15(8-11)19-17(24)20(16)10-13(9-18)12-3-5-14(6-4-12)21(22)23/h2-8,10,22H,1H3,(H,19,24)/q-1/b13-10+. The lowest BCUT2D eigenvalue weighted by molar-refractivity contribution is 0.296. The number of nitrogens with zero attached hydrogens (tertiary/aromatic N) is 3. The molecule has 1 aromatic heterocycles. The van der Waals surface area contributed by atoms with Crippen molar-refractivity contribution in [2.75, 3.05) is 5.23 Å². The largest absolute Gasteiger partial charge is 0.733 e. The van der Waals surface area contributed by atoms with Gasteiger partial charge in [-0.1, -0.05) is 18.2 Å². The maximum Gasteiger partial charge on any atom is 0.182 e. The van der Waals surface area contributed by atoms with Crippen molar-refractivity contribution in [3.63, 3.8) is 0 Å². The van der Waals surface area contributed by atoms with Gasteiger partial charge in [0.15, 0.2) is 4.77 Å². The summed E-state index contributed by atoms with van der Waals surface area (Å²) in [4.78, 5) is 3.12. The lowest BCUT2D eigenvalue weighted by atomic mass is 10.1. The van der Waals surface area contributed by atoms with E-state index in [2.05, 4.69) is 11.1 Å². The molecule has 24 heavy (non-hydrogen) atoms. The van der Waals surface area contributed by atoms with Crippen molar-refractivity contribution in [2.45, 2.75) is 6.92 Å². The second-order valence-corrected chi connectivity index (χ2v) is 5.68. The Morgan fingerprint density at radius 3 is 2.67 bits per heavy atom. The molecular weight excluding hydrogens is 324 g/mol. The van der Waals surface area contributed by atoms with Crippen molar-refractivity contribution in [3.8, 4) is 6.07 Å². The number of allylic oxidation sites excluding steroid dienone is 1. The van der Waals surface area contributed by atoms with Gasteiger partial charge in [0, 0.05) is 6.20 Å². The average Bonchev–Trinajstić information content (AvgIpc) is 2.87. The molecule has 2 N–H and O–H groups in total. The van der Waals surface area contributed by atoms with Crippen molar-refractivity contribution in [1.29, 1.82) is 5.26 Å². The van der Waals surface area contributed by atoms with Crippen LogP contribution in [0.3, 0.4) is 0 Å². The molecule has 3 aromatic rings. The normalized spacial score (nSPS) is 11.5. The summed E-state index contributed by atoms with van der Waals surface area (Å²) in [5.74, 6) is 0. The summed E-state index contributed by atoms with van der Waals surface area (Å²) in [5, 5.41) is 29.0. The predicted octanol–water partition coefficient (Wildman–Crippen LogP) is 4.22. The van der Waals surface area contributed by atoms with Gasteiger partial charge in [-0.25, -0.2) is 0 Å². The van der Waals surface area contributed by atoms with Gasteiger partial charge in [-0.3, -0.25) is 9.77 Å². The number of benzene rings is 2. The monoisotopic (exact) mass is 337 g/mol. The van der Waals surface area contributed by atoms with E-state index < -0.39 is 0 Å². The molecule has 0 saturated heterocycles. The minimum Gasteiger partial charge on any atom is -0.733 e. The minimum absolute atomic E-state index is 0.0928. The average molecular weight is 337 g/mol. The molecule has 0 aliphatic heterocycles. The van der Waals surface area contributed by atoms with Crippen LogP contribution in [-0.2, 0) is 0 Å². The third-order valence-electron chi connectivity index (χ3n) is 3.65. The molecule has 0 unspecified atom stereocenters. The number of hydrogen-bond acceptors (Lipinski definition) is 5. The highest BCUT2D eigenvalue weighted by Crippen LogP contribution is 2.22. The summed E-state index contributed by atoms with van der Waals surface area (Å²) in [6.45, 7) is 1.99. The molecule has 120 valence electrons. The number of aromatic nitrogens is 2. The molecule has 0 atom stereocenters. The number of aryl methyl sites for hydroxylation is 1. The summed E-state index contributed by atoms with van der Waals surface area (Å²) >= 11 is 5.34. The molecule has 0 amide bonds. The molecule has 0 bridgehead atoms. The van der Waals surface area contributed by atoms with E-state index in [0.717, 1.165) is 16.6 Å². The summed E-state index contributed by atoms with van der Waals surface area (Å²) in [5.41, 5.74) is 3.97. The Morgan fingerprint density at radius 1 is 1.33 bits per heavy atom. The molecule has 0 fully saturated rings. The molecule has 0 aliphatic carbocycles. The van der Waals surface area contributed by atoms with Crippen LogP contribution in [0.2, 0.25) is 0 Å². The van der Waals surface area contributed by atoms with Crippen molar-refractivity contribution in [2.24, 2.45) is 0 Å². The van der Waals surface area contributed by atoms with Crippen LogP contribution in [0.5, 0.6) is 0 Å². The van der Waals surface area contributed by atoms with Crippen molar-refractivity contribution >= 4 is 40.7 Å². The Labute approximate surface area is 143 Å². The molecule has 2 aromatic carbocycles. The summed E-state index contributed by atoms with van der Waals surface area (Å²) < 4.78 is 2.23. The number of rotatable bonds is 3. The van der Waals surface area contributed by atoms with Crippen LogP contribution >= 0.6 is 12.2 Å². The Hall–Kier alpha value is -2.92. The first-order chi connectivity index (χ1) is 11.5. The Balaban J connectivity index is 2.10. The van der Waals surface area contributed by atoms with Crippen LogP contribution in [0.4, 0.5) is 5.69 Å². The maximum absolute atomic E-state index is 10.8. The van der Waals surface area contributed by atoms with Crippen LogP contribution in [0.15, 0.2) is 42.5 Å². The molecule has 0 saturated carbocycles. The topological polar surface area (TPSA) is 91.0 Å². The van der Waals surface area contributed by atoms with Crippen LogP contribution in [0.25, 0.3) is 22.8 Å². The fourth-order valence-electron chi connectivity index (χ4n) is 2.44. The highest BCUT2D eigenvalue weighted by molar-refractivity contribution is 7.71. The zero-order valence-corrected chi connectivity index (χ0v) is 13.5. The van der Waals surface area contributed by atoms with Crippen molar-refractivity contribution < 1.29 is 5.21 Å². The number of hydrogen-bond donors (Lipinski definition) is 2. The van der Waals surface area contributed by atoms with Crippen molar-refractivity contribution in [1.82, 2.24) is 9.55 Å². The fraction of sp³-hybridized carbons (Fsp3) is 0.0588. The zero-order valence-electron chi connectivity index (χ0n) is 12.7. The zero-order chi connectivity index (χ0) is 17.3. The van der Waals surface area contributed by atoms with E-state index in [1.807, 2.05) is 25.1 Å². The lowest BCUT2D eigenvalue weighted by Crippen LogP contribution is -2.06.